The lowest BCUT2D eigenvalue weighted by Gasteiger charge is -2.32. The highest BCUT2D eigenvalue weighted by atomic mass is 32.2. The standard InChI is InChI=1S/C19H18N2O5S/c1-14-7-9-16(10-8-14)26-27(25)12-11-20-17(22)13-18(23)21(19(20)24)15-5-3-2-4-6-15/h2-10H,11-13H2,1H3. The first-order chi connectivity index (χ1) is 13.0. The van der Waals surface area contributed by atoms with Crippen LogP contribution < -0.4 is 9.08 Å². The summed E-state index contributed by atoms with van der Waals surface area (Å²) in [6.45, 7) is 1.82. The van der Waals surface area contributed by atoms with E-state index in [1.54, 1.807) is 42.5 Å². The van der Waals surface area contributed by atoms with E-state index in [1.807, 2.05) is 19.1 Å². The van der Waals surface area contributed by atoms with Crippen molar-refractivity contribution in [2.24, 2.45) is 0 Å². The monoisotopic (exact) mass is 386 g/mol. The van der Waals surface area contributed by atoms with Crippen LogP contribution in [0.3, 0.4) is 0 Å². The van der Waals surface area contributed by atoms with E-state index in [1.165, 1.54) is 0 Å². The van der Waals surface area contributed by atoms with E-state index in [2.05, 4.69) is 0 Å². The molecule has 4 amide bonds. The number of hydrogen-bond acceptors (Lipinski definition) is 5. The minimum Gasteiger partial charge on any atom is -0.400 e. The smallest absolute Gasteiger partial charge is 0.338 e. The SMILES string of the molecule is Cc1ccc(OS(=O)CCN2C(=O)CC(=O)N(c3ccccc3)C2=O)cc1. The van der Waals surface area contributed by atoms with Gasteiger partial charge in [0.2, 0.25) is 22.9 Å². The average molecular weight is 386 g/mol. The predicted molar refractivity (Wildman–Crippen MR) is 100 cm³/mol. The Hall–Kier alpha value is -3.00. The van der Waals surface area contributed by atoms with Crippen LogP contribution in [0.4, 0.5) is 10.5 Å². The van der Waals surface area contributed by atoms with Crippen molar-refractivity contribution in [3.63, 3.8) is 0 Å². The van der Waals surface area contributed by atoms with Crippen molar-refractivity contribution >= 4 is 34.6 Å². The van der Waals surface area contributed by atoms with Crippen LogP contribution in [-0.2, 0) is 20.7 Å². The maximum absolute atomic E-state index is 12.6. The largest absolute Gasteiger partial charge is 0.400 e. The summed E-state index contributed by atoms with van der Waals surface area (Å²) < 4.78 is 17.4. The summed E-state index contributed by atoms with van der Waals surface area (Å²) in [5.74, 6) is -0.798. The van der Waals surface area contributed by atoms with Crippen LogP contribution in [0.5, 0.6) is 5.75 Å². The van der Waals surface area contributed by atoms with E-state index < -0.39 is 35.3 Å². The highest BCUT2D eigenvalue weighted by Crippen LogP contribution is 2.21. The summed E-state index contributed by atoms with van der Waals surface area (Å²) in [6, 6.07) is 14.7. The Kier molecular flexibility index (Phi) is 5.66. The summed E-state index contributed by atoms with van der Waals surface area (Å²) in [5, 5.41) is 0. The van der Waals surface area contributed by atoms with Gasteiger partial charge >= 0.3 is 6.03 Å². The first kappa shape index (κ1) is 18.8. The maximum Gasteiger partial charge on any atom is 0.338 e. The molecule has 1 unspecified atom stereocenters. The second-order valence-corrected chi connectivity index (χ2v) is 7.16. The number of carbonyl (C=O) groups is 3. The molecule has 0 saturated carbocycles. The van der Waals surface area contributed by atoms with Gasteiger partial charge in [-0.05, 0) is 31.2 Å². The van der Waals surface area contributed by atoms with Gasteiger partial charge in [0.1, 0.15) is 12.2 Å². The van der Waals surface area contributed by atoms with Crippen molar-refractivity contribution < 1.29 is 22.8 Å². The van der Waals surface area contributed by atoms with Gasteiger partial charge in [-0.3, -0.25) is 14.5 Å². The fourth-order valence-corrected chi connectivity index (χ4v) is 3.34. The Bertz CT molecular complexity index is 883. The van der Waals surface area contributed by atoms with Gasteiger partial charge < -0.3 is 4.18 Å². The molecule has 7 nitrogen and oxygen atoms in total. The van der Waals surface area contributed by atoms with Crippen LogP contribution >= 0.6 is 0 Å². The van der Waals surface area contributed by atoms with Crippen LogP contribution in [0, 0.1) is 6.92 Å². The van der Waals surface area contributed by atoms with Gasteiger partial charge in [-0.2, -0.15) is 0 Å². The molecule has 3 rings (SSSR count). The molecule has 1 fully saturated rings. The molecule has 0 spiro atoms. The van der Waals surface area contributed by atoms with E-state index in [-0.39, 0.29) is 12.3 Å². The predicted octanol–water partition coefficient (Wildman–Crippen LogP) is 2.42. The lowest BCUT2D eigenvalue weighted by molar-refractivity contribution is -0.134. The minimum absolute atomic E-state index is 0.0534. The zero-order valence-electron chi connectivity index (χ0n) is 14.7. The van der Waals surface area contributed by atoms with Crippen LogP contribution in [0.1, 0.15) is 12.0 Å². The van der Waals surface area contributed by atoms with Gasteiger partial charge in [0.25, 0.3) is 0 Å². The topological polar surface area (TPSA) is 84.0 Å². The Morgan fingerprint density at radius 3 is 2.30 bits per heavy atom. The number of carbonyl (C=O) groups excluding carboxylic acids is 3. The number of hydrogen-bond donors (Lipinski definition) is 0. The van der Waals surface area contributed by atoms with Gasteiger partial charge in [-0.25, -0.2) is 13.9 Å². The van der Waals surface area contributed by atoms with Crippen molar-refractivity contribution in [2.45, 2.75) is 13.3 Å². The number of aryl methyl sites for hydroxylation is 1. The number of anilines is 1. The molecule has 2 aromatic carbocycles. The van der Waals surface area contributed by atoms with Crippen molar-refractivity contribution in [2.75, 3.05) is 17.2 Å². The Labute approximate surface area is 159 Å². The zero-order valence-corrected chi connectivity index (χ0v) is 15.5. The summed E-state index contributed by atoms with van der Waals surface area (Å²) >= 11 is -1.72. The Morgan fingerprint density at radius 1 is 0.963 bits per heavy atom. The summed E-state index contributed by atoms with van der Waals surface area (Å²) in [5.41, 5.74) is 1.44. The number of imide groups is 2. The van der Waals surface area contributed by atoms with E-state index in [0.717, 1.165) is 15.4 Å². The third-order valence-corrected chi connectivity index (χ3v) is 4.88. The molecule has 140 valence electrons. The molecule has 0 aromatic heterocycles. The molecule has 0 aliphatic carbocycles. The molecule has 2 aromatic rings. The quantitative estimate of drug-likeness (QED) is 0.712. The van der Waals surface area contributed by atoms with E-state index in [9.17, 15) is 18.6 Å². The normalized spacial score (nSPS) is 15.8. The minimum atomic E-state index is -1.72. The molecule has 8 heteroatoms. The second kappa shape index (κ2) is 8.13. The third kappa shape index (κ3) is 4.40. The number of nitrogens with zero attached hydrogens (tertiary/aromatic N) is 2. The Morgan fingerprint density at radius 2 is 1.63 bits per heavy atom. The van der Waals surface area contributed by atoms with Gasteiger partial charge in [-0.15, -0.1) is 0 Å². The second-order valence-electron chi connectivity index (χ2n) is 5.97. The highest BCUT2D eigenvalue weighted by molar-refractivity contribution is 7.80. The van der Waals surface area contributed by atoms with Crippen molar-refractivity contribution in [1.82, 2.24) is 4.90 Å². The summed E-state index contributed by atoms with van der Waals surface area (Å²) in [6.07, 6.45) is -0.411. The number of urea groups is 1. The number of rotatable bonds is 6. The molecule has 0 radical (unpaired) electrons. The molecule has 0 bridgehead atoms. The molecule has 0 N–H and O–H groups in total. The summed E-state index contributed by atoms with van der Waals surface area (Å²) in [4.78, 5) is 38.8. The number of amides is 4. The van der Waals surface area contributed by atoms with Crippen molar-refractivity contribution in [3.8, 4) is 5.75 Å². The molecule has 1 aliphatic heterocycles. The van der Waals surface area contributed by atoms with E-state index >= 15 is 0 Å². The molecule has 27 heavy (non-hydrogen) atoms. The molecular weight excluding hydrogens is 368 g/mol. The van der Waals surface area contributed by atoms with Crippen molar-refractivity contribution in [3.05, 3.63) is 60.2 Å². The number of para-hydroxylation sites is 1. The lowest BCUT2D eigenvalue weighted by Crippen LogP contribution is -2.56. The fourth-order valence-electron chi connectivity index (χ4n) is 2.60. The van der Waals surface area contributed by atoms with Crippen molar-refractivity contribution in [1.29, 1.82) is 0 Å². The van der Waals surface area contributed by atoms with Crippen LogP contribution in [0.15, 0.2) is 54.6 Å². The molecule has 1 heterocycles. The van der Waals surface area contributed by atoms with Gasteiger partial charge in [0.05, 0.1) is 11.4 Å². The molecule has 1 aliphatic rings. The van der Waals surface area contributed by atoms with E-state index in [4.69, 9.17) is 4.18 Å². The Balaban J connectivity index is 1.65. The lowest BCUT2D eigenvalue weighted by atomic mass is 10.2. The molecule has 1 atom stereocenters. The van der Waals surface area contributed by atoms with Crippen LogP contribution in [0.2, 0.25) is 0 Å². The zero-order chi connectivity index (χ0) is 19.4. The fraction of sp³-hybridized carbons (Fsp3) is 0.211. The molecule has 1 saturated heterocycles. The van der Waals surface area contributed by atoms with Crippen LogP contribution in [0.25, 0.3) is 0 Å². The number of barbiturate groups is 1. The van der Waals surface area contributed by atoms with E-state index in [0.29, 0.717) is 11.4 Å². The van der Waals surface area contributed by atoms with Gasteiger partial charge in [-0.1, -0.05) is 35.9 Å². The first-order valence-corrected chi connectivity index (χ1v) is 9.56. The first-order valence-electron chi connectivity index (χ1n) is 8.31. The number of benzene rings is 2. The summed E-state index contributed by atoms with van der Waals surface area (Å²) in [7, 11) is 0. The average Bonchev–Trinajstić information content (AvgIpc) is 2.64. The highest BCUT2D eigenvalue weighted by Gasteiger charge is 2.38. The molecular formula is C19H18N2O5S. The van der Waals surface area contributed by atoms with Crippen LogP contribution in [-0.4, -0.2) is 39.3 Å². The third-order valence-electron chi connectivity index (χ3n) is 3.98. The maximum atomic E-state index is 12.6. The van der Waals surface area contributed by atoms with Gasteiger partial charge in [0, 0.05) is 6.54 Å². The van der Waals surface area contributed by atoms with Gasteiger partial charge in [0.15, 0.2) is 0 Å².